The first-order valence-electron chi connectivity index (χ1n) is 3.47. The topological polar surface area (TPSA) is 9.23 Å². The first kappa shape index (κ1) is 7.42. The van der Waals surface area contributed by atoms with E-state index < -0.39 is 0 Å². The average Bonchev–Trinajstić information content (AvgIpc) is 1.83. The lowest BCUT2D eigenvalue weighted by atomic mass is 9.95. The largest absolute Gasteiger partial charge is 0.381 e. The Labute approximate surface area is 62.2 Å². The molecule has 0 aromatic carbocycles. The zero-order valence-electron chi connectivity index (χ0n) is 6.00. The molecule has 0 unspecified atom stereocenters. The van der Waals surface area contributed by atoms with Crippen LogP contribution in [0.5, 0.6) is 0 Å². The second-order valence-corrected chi connectivity index (χ2v) is 3.58. The van der Waals surface area contributed by atoms with Crippen molar-refractivity contribution in [1.29, 1.82) is 0 Å². The summed E-state index contributed by atoms with van der Waals surface area (Å²) in [6.45, 7) is 6.15. The smallest absolute Gasteiger partial charge is 0.0502 e. The minimum absolute atomic E-state index is 0.541. The van der Waals surface area contributed by atoms with Crippen LogP contribution in [0.1, 0.15) is 13.8 Å². The Morgan fingerprint density at radius 1 is 1.22 bits per heavy atom. The molecule has 0 bridgehead atoms. The van der Waals surface area contributed by atoms with Gasteiger partial charge in [0, 0.05) is 5.25 Å². The van der Waals surface area contributed by atoms with Gasteiger partial charge < -0.3 is 4.74 Å². The fourth-order valence-electron chi connectivity index (χ4n) is 1.20. The molecule has 1 rings (SSSR count). The zero-order valence-corrected chi connectivity index (χ0v) is 6.90. The Bertz CT molecular complexity index is 84.9. The summed E-state index contributed by atoms with van der Waals surface area (Å²) in [6, 6.07) is 0. The summed E-state index contributed by atoms with van der Waals surface area (Å²) >= 11 is 4.47. The van der Waals surface area contributed by atoms with Gasteiger partial charge in [0.2, 0.25) is 0 Å². The van der Waals surface area contributed by atoms with Gasteiger partial charge in [0.15, 0.2) is 0 Å². The molecule has 1 heterocycles. The molecule has 0 aliphatic carbocycles. The molecule has 1 fully saturated rings. The summed E-state index contributed by atoms with van der Waals surface area (Å²) < 4.78 is 5.32. The van der Waals surface area contributed by atoms with Crippen LogP contribution < -0.4 is 0 Å². The molecule has 2 heteroatoms. The number of thiol groups is 1. The first-order valence-corrected chi connectivity index (χ1v) is 3.99. The van der Waals surface area contributed by atoms with Crippen molar-refractivity contribution in [2.45, 2.75) is 19.1 Å². The molecule has 0 saturated carbocycles. The van der Waals surface area contributed by atoms with Crippen molar-refractivity contribution in [2.75, 3.05) is 13.2 Å². The van der Waals surface area contributed by atoms with E-state index in [4.69, 9.17) is 4.74 Å². The van der Waals surface area contributed by atoms with Crippen molar-refractivity contribution < 1.29 is 4.74 Å². The highest BCUT2D eigenvalue weighted by Crippen LogP contribution is 2.23. The van der Waals surface area contributed by atoms with E-state index in [1.165, 1.54) is 0 Å². The van der Waals surface area contributed by atoms with Gasteiger partial charge in [0.1, 0.15) is 0 Å². The summed E-state index contributed by atoms with van der Waals surface area (Å²) in [4.78, 5) is 0. The van der Waals surface area contributed by atoms with Gasteiger partial charge in [-0.05, 0) is 11.8 Å². The van der Waals surface area contributed by atoms with E-state index in [0.717, 1.165) is 13.2 Å². The van der Waals surface area contributed by atoms with E-state index in [9.17, 15) is 0 Å². The molecule has 1 aliphatic rings. The van der Waals surface area contributed by atoms with Crippen molar-refractivity contribution in [3.05, 3.63) is 0 Å². The van der Waals surface area contributed by atoms with Crippen molar-refractivity contribution >= 4 is 12.6 Å². The van der Waals surface area contributed by atoms with Gasteiger partial charge in [-0.2, -0.15) is 12.6 Å². The molecule has 1 saturated heterocycles. The lowest BCUT2D eigenvalue weighted by Gasteiger charge is -2.30. The summed E-state index contributed by atoms with van der Waals surface area (Å²) in [5, 5.41) is 0.541. The van der Waals surface area contributed by atoms with Crippen LogP contribution >= 0.6 is 12.6 Å². The van der Waals surface area contributed by atoms with Crippen LogP contribution in [-0.4, -0.2) is 18.5 Å². The first-order chi connectivity index (χ1) is 4.22. The Balaban J connectivity index is 2.41. The van der Waals surface area contributed by atoms with Crippen LogP contribution in [0.25, 0.3) is 0 Å². The van der Waals surface area contributed by atoms with Crippen LogP contribution in [0.3, 0.4) is 0 Å². The predicted molar refractivity (Wildman–Crippen MR) is 41.9 cm³/mol. The van der Waals surface area contributed by atoms with Crippen LogP contribution in [0, 0.1) is 11.8 Å². The maximum absolute atomic E-state index is 5.32. The van der Waals surface area contributed by atoms with Crippen LogP contribution in [0.2, 0.25) is 0 Å². The molecule has 0 aromatic rings. The molecule has 0 spiro atoms. The second-order valence-electron chi connectivity index (χ2n) is 2.98. The van der Waals surface area contributed by atoms with E-state index >= 15 is 0 Å². The average molecular weight is 146 g/mol. The fraction of sp³-hybridized carbons (Fsp3) is 1.00. The summed E-state index contributed by atoms with van der Waals surface area (Å²) in [7, 11) is 0. The van der Waals surface area contributed by atoms with Crippen molar-refractivity contribution in [3.8, 4) is 0 Å². The molecule has 0 radical (unpaired) electrons. The van der Waals surface area contributed by atoms with Crippen LogP contribution in [0.15, 0.2) is 0 Å². The lowest BCUT2D eigenvalue weighted by molar-refractivity contribution is 0.0329. The molecule has 0 N–H and O–H groups in total. The second kappa shape index (κ2) is 2.93. The highest BCUT2D eigenvalue weighted by Gasteiger charge is 2.24. The van der Waals surface area contributed by atoms with E-state index in [-0.39, 0.29) is 0 Å². The number of ether oxygens (including phenoxy) is 1. The van der Waals surface area contributed by atoms with Crippen LogP contribution in [-0.2, 0) is 4.74 Å². The van der Waals surface area contributed by atoms with Gasteiger partial charge in [-0.15, -0.1) is 0 Å². The number of rotatable bonds is 0. The van der Waals surface area contributed by atoms with Gasteiger partial charge in [-0.3, -0.25) is 0 Å². The molecule has 1 nitrogen and oxygen atoms in total. The van der Waals surface area contributed by atoms with Crippen molar-refractivity contribution in [1.82, 2.24) is 0 Å². The Hall–Kier alpha value is 0.310. The molecule has 2 atom stereocenters. The minimum atomic E-state index is 0.541. The summed E-state index contributed by atoms with van der Waals surface area (Å²) in [6.07, 6.45) is 0. The third-order valence-electron chi connectivity index (χ3n) is 1.93. The molecular weight excluding hydrogens is 132 g/mol. The van der Waals surface area contributed by atoms with E-state index in [2.05, 4.69) is 26.5 Å². The summed E-state index contributed by atoms with van der Waals surface area (Å²) in [5.74, 6) is 1.24. The number of hydrogen-bond donors (Lipinski definition) is 1. The molecular formula is C7H14OS. The third kappa shape index (κ3) is 1.62. The Kier molecular flexibility index (Phi) is 2.42. The predicted octanol–water partition coefficient (Wildman–Crippen LogP) is 1.59. The third-order valence-corrected chi connectivity index (χ3v) is 2.95. The van der Waals surface area contributed by atoms with Gasteiger partial charge >= 0.3 is 0 Å². The zero-order chi connectivity index (χ0) is 6.85. The molecule has 9 heavy (non-hydrogen) atoms. The van der Waals surface area contributed by atoms with Gasteiger partial charge in [-0.25, -0.2) is 0 Å². The van der Waals surface area contributed by atoms with E-state index in [1.807, 2.05) is 0 Å². The minimum Gasteiger partial charge on any atom is -0.381 e. The molecule has 1 aliphatic heterocycles. The monoisotopic (exact) mass is 146 g/mol. The van der Waals surface area contributed by atoms with Gasteiger partial charge in [-0.1, -0.05) is 13.8 Å². The number of hydrogen-bond acceptors (Lipinski definition) is 2. The van der Waals surface area contributed by atoms with Crippen molar-refractivity contribution in [2.24, 2.45) is 11.8 Å². The fourth-order valence-corrected chi connectivity index (χ4v) is 1.37. The molecule has 0 amide bonds. The summed E-state index contributed by atoms with van der Waals surface area (Å²) in [5.41, 5.74) is 0. The highest BCUT2D eigenvalue weighted by molar-refractivity contribution is 7.81. The molecule has 54 valence electrons. The maximum Gasteiger partial charge on any atom is 0.0502 e. The highest BCUT2D eigenvalue weighted by atomic mass is 32.1. The maximum atomic E-state index is 5.32. The Morgan fingerprint density at radius 2 is 1.67 bits per heavy atom. The van der Waals surface area contributed by atoms with Gasteiger partial charge in [0.25, 0.3) is 0 Å². The Morgan fingerprint density at radius 3 is 2.00 bits per heavy atom. The van der Waals surface area contributed by atoms with E-state index in [0.29, 0.717) is 17.1 Å². The SMILES string of the molecule is C[C@@H]1COC[C@@H](C)C1S. The quantitative estimate of drug-likeness (QED) is 0.511. The van der Waals surface area contributed by atoms with Crippen LogP contribution in [0.4, 0.5) is 0 Å². The van der Waals surface area contributed by atoms with Crippen molar-refractivity contribution in [3.63, 3.8) is 0 Å². The van der Waals surface area contributed by atoms with E-state index in [1.54, 1.807) is 0 Å². The molecule has 0 aromatic heterocycles. The van der Waals surface area contributed by atoms with Gasteiger partial charge in [0.05, 0.1) is 13.2 Å². The normalized spacial score (nSPS) is 39.0. The lowest BCUT2D eigenvalue weighted by Crippen LogP contribution is -2.33. The standard InChI is InChI=1S/C7H14OS/c1-5-3-8-4-6(2)7(5)9/h5-7,9H,3-4H2,1-2H3/t5-,6-/m1/s1.